The molecule has 1 N–H and O–H groups in total. The summed E-state index contributed by atoms with van der Waals surface area (Å²) in [5.41, 5.74) is 1.86. The van der Waals surface area contributed by atoms with E-state index in [0.29, 0.717) is 36.5 Å². The molecule has 2 heterocycles. The van der Waals surface area contributed by atoms with Crippen molar-refractivity contribution >= 4 is 34.8 Å². The Morgan fingerprint density at radius 2 is 1.86 bits per heavy atom. The fraction of sp³-hybridized carbons (Fsp3) is 0.409. The van der Waals surface area contributed by atoms with Crippen LogP contribution in [-0.4, -0.2) is 41.9 Å². The fourth-order valence-corrected chi connectivity index (χ4v) is 3.96. The maximum absolute atomic E-state index is 12.5. The van der Waals surface area contributed by atoms with Crippen molar-refractivity contribution in [2.24, 2.45) is 5.92 Å². The molecule has 2 amide bonds. The summed E-state index contributed by atoms with van der Waals surface area (Å²) in [6.07, 6.45) is 1.14. The molecule has 1 aromatic carbocycles. The number of piperidine rings is 1. The summed E-state index contributed by atoms with van der Waals surface area (Å²) in [6.45, 7) is 4.67. The molecule has 1 aromatic heterocycles. The number of anilines is 1. The van der Waals surface area contributed by atoms with Crippen molar-refractivity contribution in [2.45, 2.75) is 39.2 Å². The summed E-state index contributed by atoms with van der Waals surface area (Å²) in [6, 6.07) is 11.3. The average molecular weight is 415 g/mol. The van der Waals surface area contributed by atoms with E-state index in [-0.39, 0.29) is 23.7 Å². The summed E-state index contributed by atoms with van der Waals surface area (Å²) in [5, 5.41) is 4.65. The maximum Gasteiger partial charge on any atom is 0.309 e. The van der Waals surface area contributed by atoms with Crippen molar-refractivity contribution in [3.05, 3.63) is 52.2 Å². The fourth-order valence-electron chi connectivity index (χ4n) is 3.27. The molecule has 0 aliphatic carbocycles. The highest BCUT2D eigenvalue weighted by Gasteiger charge is 2.31. The second kappa shape index (κ2) is 9.69. The minimum Gasteiger partial charge on any atom is -0.452 e. The van der Waals surface area contributed by atoms with Crippen LogP contribution in [0, 0.1) is 5.92 Å². The number of rotatable bonds is 6. The molecule has 1 aliphatic heterocycles. The second-order valence-corrected chi connectivity index (χ2v) is 8.11. The second-order valence-electron chi connectivity index (χ2n) is 7.16. The number of carbonyl (C=O) groups is 3. The molecule has 1 saturated heterocycles. The number of aryl methyl sites for hydroxylation is 1. The number of likely N-dealkylation sites (tertiary alicyclic amines) is 1. The summed E-state index contributed by atoms with van der Waals surface area (Å²) in [5.74, 6) is -1.01. The number of ether oxygens (including phenoxy) is 1. The highest BCUT2D eigenvalue weighted by molar-refractivity contribution is 7.12. The van der Waals surface area contributed by atoms with Gasteiger partial charge in [0, 0.05) is 18.8 Å². The van der Waals surface area contributed by atoms with Crippen LogP contribution in [0.3, 0.4) is 0 Å². The van der Waals surface area contributed by atoms with Crippen LogP contribution in [0.15, 0.2) is 41.8 Å². The smallest absolute Gasteiger partial charge is 0.309 e. The van der Waals surface area contributed by atoms with Gasteiger partial charge >= 0.3 is 5.97 Å². The van der Waals surface area contributed by atoms with Crippen LogP contribution in [0.2, 0.25) is 0 Å². The summed E-state index contributed by atoms with van der Waals surface area (Å²) < 4.78 is 5.38. The van der Waals surface area contributed by atoms with E-state index in [9.17, 15) is 14.4 Å². The SMILES string of the molecule is CCc1ccc(NC(=O)[C@@H](C)OC(=O)C2CCN(C(=O)c3cccs3)CC2)cc1. The van der Waals surface area contributed by atoms with Crippen LogP contribution in [0.25, 0.3) is 0 Å². The monoisotopic (exact) mass is 414 g/mol. The Labute approximate surface area is 174 Å². The third-order valence-corrected chi connectivity index (χ3v) is 6.00. The molecule has 29 heavy (non-hydrogen) atoms. The first-order valence-electron chi connectivity index (χ1n) is 9.91. The largest absolute Gasteiger partial charge is 0.452 e. The van der Waals surface area contributed by atoms with Crippen LogP contribution in [0.4, 0.5) is 5.69 Å². The lowest BCUT2D eigenvalue weighted by Crippen LogP contribution is -2.41. The van der Waals surface area contributed by atoms with Crippen molar-refractivity contribution in [3.8, 4) is 0 Å². The number of amides is 2. The van der Waals surface area contributed by atoms with Crippen molar-refractivity contribution in [3.63, 3.8) is 0 Å². The first-order chi connectivity index (χ1) is 14.0. The molecule has 6 nitrogen and oxygen atoms in total. The predicted molar refractivity (Wildman–Crippen MR) is 113 cm³/mol. The zero-order valence-corrected chi connectivity index (χ0v) is 17.5. The Bertz CT molecular complexity index is 840. The summed E-state index contributed by atoms with van der Waals surface area (Å²) in [7, 11) is 0. The Morgan fingerprint density at radius 1 is 1.17 bits per heavy atom. The molecule has 0 spiro atoms. The Hall–Kier alpha value is -2.67. The van der Waals surface area contributed by atoms with Crippen molar-refractivity contribution in [1.29, 1.82) is 0 Å². The van der Waals surface area contributed by atoms with Crippen LogP contribution in [-0.2, 0) is 20.7 Å². The zero-order chi connectivity index (χ0) is 20.8. The maximum atomic E-state index is 12.5. The van der Waals surface area contributed by atoms with Crippen molar-refractivity contribution in [2.75, 3.05) is 18.4 Å². The van der Waals surface area contributed by atoms with Gasteiger partial charge in [0.05, 0.1) is 10.8 Å². The van der Waals surface area contributed by atoms with Gasteiger partial charge in [-0.3, -0.25) is 14.4 Å². The normalized spacial score (nSPS) is 15.6. The Kier molecular flexibility index (Phi) is 7.04. The van der Waals surface area contributed by atoms with Crippen LogP contribution >= 0.6 is 11.3 Å². The average Bonchev–Trinajstić information content (AvgIpc) is 3.28. The van der Waals surface area contributed by atoms with Crippen molar-refractivity contribution < 1.29 is 19.1 Å². The number of hydrogen-bond donors (Lipinski definition) is 1. The van der Waals surface area contributed by atoms with Gasteiger partial charge in [0.15, 0.2) is 6.10 Å². The molecule has 154 valence electrons. The molecule has 1 fully saturated rings. The molecule has 0 bridgehead atoms. The lowest BCUT2D eigenvalue weighted by atomic mass is 9.97. The summed E-state index contributed by atoms with van der Waals surface area (Å²) >= 11 is 1.42. The number of thiophene rings is 1. The minimum absolute atomic E-state index is 0.00801. The highest BCUT2D eigenvalue weighted by atomic mass is 32.1. The molecule has 3 rings (SSSR count). The lowest BCUT2D eigenvalue weighted by molar-refractivity contribution is -0.158. The predicted octanol–water partition coefficient (Wildman–Crippen LogP) is 3.73. The Balaban J connectivity index is 1.46. The first kappa shape index (κ1) is 21.0. The van der Waals surface area contributed by atoms with E-state index < -0.39 is 6.10 Å². The standard InChI is InChI=1S/C22H26N2O4S/c1-3-16-6-8-18(9-7-16)23-20(25)15(2)28-22(27)17-10-12-24(13-11-17)21(26)19-5-4-14-29-19/h4-9,14-15,17H,3,10-13H2,1-2H3,(H,23,25)/t15-/m1/s1. The molecule has 0 unspecified atom stereocenters. The number of benzene rings is 1. The van der Waals surface area contributed by atoms with Gasteiger partial charge in [-0.15, -0.1) is 11.3 Å². The number of nitrogens with one attached hydrogen (secondary N) is 1. The zero-order valence-electron chi connectivity index (χ0n) is 16.7. The molecule has 1 atom stereocenters. The van der Waals surface area contributed by atoms with Gasteiger partial charge in [0.25, 0.3) is 11.8 Å². The topological polar surface area (TPSA) is 75.7 Å². The van der Waals surface area contributed by atoms with E-state index in [4.69, 9.17) is 4.74 Å². The van der Waals surface area contributed by atoms with Gasteiger partial charge in [-0.1, -0.05) is 25.1 Å². The molecule has 7 heteroatoms. The van der Waals surface area contributed by atoms with Crippen LogP contribution in [0.1, 0.15) is 41.9 Å². The third kappa shape index (κ3) is 5.44. The van der Waals surface area contributed by atoms with E-state index in [1.54, 1.807) is 11.8 Å². The van der Waals surface area contributed by atoms with Gasteiger partial charge in [-0.2, -0.15) is 0 Å². The number of carbonyl (C=O) groups excluding carboxylic acids is 3. The van der Waals surface area contributed by atoms with Gasteiger partial charge in [-0.25, -0.2) is 0 Å². The van der Waals surface area contributed by atoms with Gasteiger partial charge in [-0.05, 0) is 55.3 Å². The number of hydrogen-bond acceptors (Lipinski definition) is 5. The van der Waals surface area contributed by atoms with Crippen LogP contribution < -0.4 is 5.32 Å². The van der Waals surface area contributed by atoms with E-state index in [2.05, 4.69) is 12.2 Å². The highest BCUT2D eigenvalue weighted by Crippen LogP contribution is 2.22. The van der Waals surface area contributed by atoms with E-state index in [1.807, 2.05) is 41.8 Å². The number of esters is 1. The van der Waals surface area contributed by atoms with E-state index in [0.717, 1.165) is 6.42 Å². The number of nitrogens with zero attached hydrogens (tertiary/aromatic N) is 1. The molecule has 2 aromatic rings. The van der Waals surface area contributed by atoms with E-state index in [1.165, 1.54) is 16.9 Å². The molecular weight excluding hydrogens is 388 g/mol. The lowest BCUT2D eigenvalue weighted by Gasteiger charge is -2.31. The first-order valence-corrected chi connectivity index (χ1v) is 10.8. The van der Waals surface area contributed by atoms with Crippen LogP contribution in [0.5, 0.6) is 0 Å². The molecule has 0 radical (unpaired) electrons. The molecule has 1 aliphatic rings. The van der Waals surface area contributed by atoms with Gasteiger partial charge in [0.1, 0.15) is 0 Å². The van der Waals surface area contributed by atoms with Gasteiger partial charge in [0.2, 0.25) is 0 Å². The summed E-state index contributed by atoms with van der Waals surface area (Å²) in [4.78, 5) is 39.6. The third-order valence-electron chi connectivity index (χ3n) is 5.14. The minimum atomic E-state index is -0.876. The van der Waals surface area contributed by atoms with E-state index >= 15 is 0 Å². The Morgan fingerprint density at radius 3 is 2.45 bits per heavy atom. The quantitative estimate of drug-likeness (QED) is 0.731. The molecule has 0 saturated carbocycles. The van der Waals surface area contributed by atoms with Gasteiger partial charge < -0.3 is 15.0 Å². The van der Waals surface area contributed by atoms with Crippen molar-refractivity contribution in [1.82, 2.24) is 4.90 Å². The molecular formula is C22H26N2O4S.